The Hall–Kier alpha value is -0.790. The Morgan fingerprint density at radius 1 is 1.61 bits per heavy atom. The van der Waals surface area contributed by atoms with Crippen molar-refractivity contribution >= 4 is 29.9 Å². The minimum absolute atomic E-state index is 0. The van der Waals surface area contributed by atoms with Gasteiger partial charge in [0.15, 0.2) is 5.96 Å². The fourth-order valence-corrected chi connectivity index (χ4v) is 1.95. The van der Waals surface area contributed by atoms with Crippen LogP contribution in [0.3, 0.4) is 0 Å². The first-order valence-electron chi connectivity index (χ1n) is 6.10. The third-order valence-electron chi connectivity index (χ3n) is 3.24. The van der Waals surface area contributed by atoms with Gasteiger partial charge in [-0.3, -0.25) is 4.99 Å². The van der Waals surface area contributed by atoms with E-state index in [1.807, 2.05) is 20.2 Å². The number of aliphatic imine (C=N–C) groups is 1. The van der Waals surface area contributed by atoms with E-state index >= 15 is 0 Å². The first kappa shape index (κ1) is 15.3. The Morgan fingerprint density at radius 2 is 2.39 bits per heavy atom. The molecule has 0 aliphatic heterocycles. The molecule has 0 bridgehead atoms. The molecule has 1 aromatic rings. The molecule has 1 saturated carbocycles. The van der Waals surface area contributed by atoms with Crippen LogP contribution >= 0.6 is 24.0 Å². The highest BCUT2D eigenvalue weighted by Crippen LogP contribution is 2.25. The quantitative estimate of drug-likeness (QED) is 0.505. The van der Waals surface area contributed by atoms with Gasteiger partial charge in [-0.15, -0.1) is 24.0 Å². The van der Waals surface area contributed by atoms with Crippen molar-refractivity contribution in [1.82, 2.24) is 15.4 Å². The molecule has 1 N–H and O–H groups in total. The molecular formula is C12H21IN4O. The molecule has 0 unspecified atom stereocenters. The number of hydrogen-bond acceptors (Lipinski definition) is 3. The van der Waals surface area contributed by atoms with Crippen molar-refractivity contribution in [2.24, 2.45) is 10.9 Å². The highest BCUT2D eigenvalue weighted by molar-refractivity contribution is 14.0. The average Bonchev–Trinajstić information content (AvgIpc) is 2.74. The molecule has 0 radical (unpaired) electrons. The second-order valence-corrected chi connectivity index (χ2v) is 4.57. The lowest BCUT2D eigenvalue weighted by atomic mass is 9.85. The van der Waals surface area contributed by atoms with Gasteiger partial charge < -0.3 is 14.7 Å². The van der Waals surface area contributed by atoms with Gasteiger partial charge in [-0.25, -0.2) is 0 Å². The summed E-state index contributed by atoms with van der Waals surface area (Å²) in [6.45, 7) is 1.73. The SMILES string of the molecule is CN=C(NCC1CCC1)N(C)Cc1ccon1.I. The third-order valence-corrected chi connectivity index (χ3v) is 3.24. The lowest BCUT2D eigenvalue weighted by molar-refractivity contribution is 0.309. The Balaban J connectivity index is 0.00000162. The van der Waals surface area contributed by atoms with E-state index < -0.39 is 0 Å². The van der Waals surface area contributed by atoms with Crippen LogP contribution in [0.5, 0.6) is 0 Å². The molecule has 1 aliphatic rings. The first-order chi connectivity index (χ1) is 8.29. The molecule has 6 heteroatoms. The third kappa shape index (κ3) is 4.15. The van der Waals surface area contributed by atoms with Gasteiger partial charge in [0.1, 0.15) is 12.0 Å². The van der Waals surface area contributed by atoms with Crippen LogP contribution in [-0.2, 0) is 6.54 Å². The van der Waals surface area contributed by atoms with Crippen LogP contribution in [0.2, 0.25) is 0 Å². The summed E-state index contributed by atoms with van der Waals surface area (Å²) in [4.78, 5) is 6.32. The first-order valence-corrected chi connectivity index (χ1v) is 6.10. The maximum Gasteiger partial charge on any atom is 0.193 e. The number of rotatable bonds is 4. The summed E-state index contributed by atoms with van der Waals surface area (Å²) in [5.74, 6) is 1.74. The highest BCUT2D eigenvalue weighted by Gasteiger charge is 2.18. The fraction of sp³-hybridized carbons (Fsp3) is 0.667. The van der Waals surface area contributed by atoms with Crippen molar-refractivity contribution in [2.45, 2.75) is 25.8 Å². The Morgan fingerprint density at radius 3 is 2.89 bits per heavy atom. The molecule has 18 heavy (non-hydrogen) atoms. The van der Waals surface area contributed by atoms with Crippen LogP contribution < -0.4 is 5.32 Å². The number of guanidine groups is 1. The van der Waals surface area contributed by atoms with Gasteiger partial charge >= 0.3 is 0 Å². The molecule has 2 rings (SSSR count). The summed E-state index contributed by atoms with van der Waals surface area (Å²) in [7, 11) is 3.81. The lowest BCUT2D eigenvalue weighted by Gasteiger charge is -2.28. The molecule has 1 aromatic heterocycles. The van der Waals surface area contributed by atoms with Crippen molar-refractivity contribution in [1.29, 1.82) is 0 Å². The molecule has 0 amide bonds. The second kappa shape index (κ2) is 7.60. The van der Waals surface area contributed by atoms with E-state index in [4.69, 9.17) is 4.52 Å². The van der Waals surface area contributed by atoms with E-state index in [1.165, 1.54) is 19.3 Å². The van der Waals surface area contributed by atoms with E-state index in [9.17, 15) is 0 Å². The average molecular weight is 364 g/mol. The second-order valence-electron chi connectivity index (χ2n) is 4.57. The van der Waals surface area contributed by atoms with Gasteiger partial charge in [-0.05, 0) is 18.8 Å². The van der Waals surface area contributed by atoms with Crippen molar-refractivity contribution in [3.8, 4) is 0 Å². The molecule has 1 aliphatic carbocycles. The van der Waals surface area contributed by atoms with Crippen LogP contribution in [0.15, 0.2) is 21.8 Å². The molecule has 102 valence electrons. The van der Waals surface area contributed by atoms with Gasteiger partial charge in [-0.1, -0.05) is 11.6 Å². The van der Waals surface area contributed by atoms with E-state index in [-0.39, 0.29) is 24.0 Å². The molecule has 0 saturated heterocycles. The van der Waals surface area contributed by atoms with E-state index in [0.29, 0.717) is 6.54 Å². The van der Waals surface area contributed by atoms with Crippen LogP contribution in [-0.4, -0.2) is 36.7 Å². The van der Waals surface area contributed by atoms with Crippen molar-refractivity contribution in [2.75, 3.05) is 20.6 Å². The molecular weight excluding hydrogens is 343 g/mol. The number of nitrogens with zero attached hydrogens (tertiary/aromatic N) is 3. The van der Waals surface area contributed by atoms with Crippen molar-refractivity contribution in [3.05, 3.63) is 18.0 Å². The van der Waals surface area contributed by atoms with Crippen molar-refractivity contribution < 1.29 is 4.52 Å². The van der Waals surface area contributed by atoms with E-state index in [1.54, 1.807) is 6.26 Å². The van der Waals surface area contributed by atoms with Crippen LogP contribution in [0.1, 0.15) is 25.0 Å². The fourth-order valence-electron chi connectivity index (χ4n) is 1.95. The van der Waals surface area contributed by atoms with Gasteiger partial charge in [0, 0.05) is 26.7 Å². The Labute approximate surface area is 125 Å². The predicted octanol–water partition coefficient (Wildman–Crippen LogP) is 2.10. The molecule has 1 heterocycles. The molecule has 0 spiro atoms. The summed E-state index contributed by atoms with van der Waals surface area (Å²) in [5, 5.41) is 7.30. The van der Waals surface area contributed by atoms with Gasteiger partial charge in [0.25, 0.3) is 0 Å². The van der Waals surface area contributed by atoms with Gasteiger partial charge in [0.2, 0.25) is 0 Å². The number of nitrogens with one attached hydrogen (secondary N) is 1. The monoisotopic (exact) mass is 364 g/mol. The number of halogens is 1. The zero-order chi connectivity index (χ0) is 12.1. The van der Waals surface area contributed by atoms with Crippen molar-refractivity contribution in [3.63, 3.8) is 0 Å². The molecule has 0 aromatic carbocycles. The lowest BCUT2D eigenvalue weighted by Crippen LogP contribution is -2.41. The van der Waals surface area contributed by atoms with Crippen LogP contribution in [0, 0.1) is 5.92 Å². The predicted molar refractivity (Wildman–Crippen MR) is 82.1 cm³/mol. The minimum Gasteiger partial charge on any atom is -0.364 e. The topological polar surface area (TPSA) is 53.7 Å². The van der Waals surface area contributed by atoms with Gasteiger partial charge in [0.05, 0.1) is 6.54 Å². The molecule has 1 fully saturated rings. The smallest absolute Gasteiger partial charge is 0.193 e. The summed E-state index contributed by atoms with van der Waals surface area (Å²) in [5.41, 5.74) is 0.916. The summed E-state index contributed by atoms with van der Waals surface area (Å²) < 4.78 is 4.82. The zero-order valence-corrected chi connectivity index (χ0v) is 13.3. The number of aromatic nitrogens is 1. The van der Waals surface area contributed by atoms with Crippen LogP contribution in [0.25, 0.3) is 0 Å². The molecule has 5 nitrogen and oxygen atoms in total. The minimum atomic E-state index is 0. The Kier molecular flexibility index (Phi) is 6.45. The number of hydrogen-bond donors (Lipinski definition) is 1. The highest BCUT2D eigenvalue weighted by atomic mass is 127. The normalized spacial score (nSPS) is 15.8. The van der Waals surface area contributed by atoms with Crippen LogP contribution in [0.4, 0.5) is 0 Å². The Bertz CT molecular complexity index is 362. The summed E-state index contributed by atoms with van der Waals surface area (Å²) in [6.07, 6.45) is 5.65. The maximum atomic E-state index is 4.82. The molecule has 0 atom stereocenters. The summed E-state index contributed by atoms with van der Waals surface area (Å²) in [6, 6.07) is 1.87. The zero-order valence-electron chi connectivity index (χ0n) is 10.9. The summed E-state index contributed by atoms with van der Waals surface area (Å²) >= 11 is 0. The largest absolute Gasteiger partial charge is 0.364 e. The van der Waals surface area contributed by atoms with E-state index in [2.05, 4.69) is 20.4 Å². The standard InChI is InChI=1S/C12H20N4O.HI/c1-13-12(14-8-10-4-3-5-10)16(2)9-11-6-7-17-15-11;/h6-7,10H,3-5,8-9H2,1-2H3,(H,13,14);1H. The van der Waals surface area contributed by atoms with E-state index in [0.717, 1.165) is 24.1 Å². The maximum absolute atomic E-state index is 4.82. The van der Waals surface area contributed by atoms with Gasteiger partial charge in [-0.2, -0.15) is 0 Å².